The Bertz CT molecular complexity index is 1220. The van der Waals surface area contributed by atoms with Gasteiger partial charge in [0.15, 0.2) is 5.82 Å². The molecular formula is C23H26N6O3. The van der Waals surface area contributed by atoms with Crippen molar-refractivity contribution in [2.75, 3.05) is 11.1 Å². The maximum atomic E-state index is 13.0. The molecule has 0 fully saturated rings. The Morgan fingerprint density at radius 3 is 2.81 bits per heavy atom. The van der Waals surface area contributed by atoms with Gasteiger partial charge in [-0.25, -0.2) is 9.97 Å². The number of aryl methyl sites for hydroxylation is 2. The van der Waals surface area contributed by atoms with Crippen molar-refractivity contribution in [1.82, 2.24) is 19.9 Å². The molecule has 9 heteroatoms. The van der Waals surface area contributed by atoms with E-state index < -0.39 is 17.7 Å². The molecular weight excluding hydrogens is 408 g/mol. The highest BCUT2D eigenvalue weighted by molar-refractivity contribution is 5.75. The van der Waals surface area contributed by atoms with Crippen LogP contribution in [0.15, 0.2) is 47.4 Å². The number of hydrogen-bond donors (Lipinski definition) is 4. The molecule has 5 N–H and O–H groups in total. The number of aliphatic hydroxyl groups is 1. The van der Waals surface area contributed by atoms with E-state index in [9.17, 15) is 14.7 Å². The summed E-state index contributed by atoms with van der Waals surface area (Å²) in [5.74, 6) is 0.212. The van der Waals surface area contributed by atoms with Crippen molar-refractivity contribution in [2.24, 2.45) is 0 Å². The van der Waals surface area contributed by atoms with Crippen molar-refractivity contribution in [3.05, 3.63) is 81.0 Å². The zero-order valence-electron chi connectivity index (χ0n) is 18.0. The monoisotopic (exact) mass is 434 g/mol. The van der Waals surface area contributed by atoms with Gasteiger partial charge in [-0.05, 0) is 36.6 Å². The highest BCUT2D eigenvalue weighted by atomic mass is 16.3. The number of nitrogens with zero attached hydrogens (tertiary/aromatic N) is 3. The lowest BCUT2D eigenvalue weighted by Crippen LogP contribution is -2.35. The average molecular weight is 435 g/mol. The Morgan fingerprint density at radius 2 is 2.03 bits per heavy atom. The molecule has 4 rings (SSSR count). The summed E-state index contributed by atoms with van der Waals surface area (Å²) in [4.78, 5) is 34.0. The third kappa shape index (κ3) is 4.33. The van der Waals surface area contributed by atoms with E-state index in [-0.39, 0.29) is 24.8 Å². The average Bonchev–Trinajstić information content (AvgIpc) is 3.07. The van der Waals surface area contributed by atoms with Gasteiger partial charge in [-0.3, -0.25) is 14.2 Å². The fraction of sp³-hybridized carbons (Fsp3) is 0.304. The van der Waals surface area contributed by atoms with Gasteiger partial charge in [0, 0.05) is 30.6 Å². The first-order chi connectivity index (χ1) is 15.3. The number of carbonyl (C=O) groups is 1. The number of nitrogens with two attached hydrogens (primary N) is 1. The van der Waals surface area contributed by atoms with Crippen LogP contribution in [0.4, 0.5) is 11.6 Å². The number of nitrogen functional groups attached to an aromatic ring is 1. The standard InChI is InChI=1S/C23H26N6O3/c1-13-10-26-22(28-21-17-6-4-3-5-15(17)9-18(21)30)23(32)29(13)12-20(31)25-11-16-7-8-19(24)27-14(16)2/h3-8,10,18,21,30H,9,11-12H2,1-2H3,(H2,24,27)(H,25,31)(H,26,28)/t18-,21+/m1/s1. The van der Waals surface area contributed by atoms with E-state index in [1.54, 1.807) is 13.0 Å². The minimum Gasteiger partial charge on any atom is -0.390 e. The van der Waals surface area contributed by atoms with Gasteiger partial charge in [0.25, 0.3) is 5.56 Å². The highest BCUT2D eigenvalue weighted by Crippen LogP contribution is 2.33. The number of hydrogen-bond acceptors (Lipinski definition) is 7. The summed E-state index contributed by atoms with van der Waals surface area (Å²) in [5.41, 5.74) is 9.38. The summed E-state index contributed by atoms with van der Waals surface area (Å²) in [7, 11) is 0. The van der Waals surface area contributed by atoms with Crippen LogP contribution in [0.25, 0.3) is 0 Å². The number of pyridine rings is 1. The third-order valence-corrected chi connectivity index (χ3v) is 5.74. The molecule has 1 amide bonds. The number of benzene rings is 1. The summed E-state index contributed by atoms with van der Waals surface area (Å²) in [6.45, 7) is 3.68. The lowest BCUT2D eigenvalue weighted by atomic mass is 10.1. The number of aliphatic hydroxyl groups excluding tert-OH is 1. The predicted octanol–water partition coefficient (Wildman–Crippen LogP) is 1.22. The molecule has 2 heterocycles. The molecule has 166 valence electrons. The van der Waals surface area contributed by atoms with Gasteiger partial charge in [0.1, 0.15) is 12.4 Å². The second-order valence-corrected chi connectivity index (χ2v) is 7.99. The number of aromatic nitrogens is 3. The van der Waals surface area contributed by atoms with Crippen LogP contribution in [-0.2, 0) is 24.3 Å². The SMILES string of the molecule is Cc1nc(N)ccc1CNC(=O)Cn1c(C)cnc(N[C@H]2c3ccccc3C[C@H]2O)c1=O. The second-order valence-electron chi connectivity index (χ2n) is 7.99. The topological polar surface area (TPSA) is 135 Å². The Balaban J connectivity index is 1.49. The number of rotatable bonds is 6. The first kappa shape index (κ1) is 21.5. The lowest BCUT2D eigenvalue weighted by molar-refractivity contribution is -0.121. The first-order valence-corrected chi connectivity index (χ1v) is 10.4. The molecule has 0 spiro atoms. The Hall–Kier alpha value is -3.72. The van der Waals surface area contributed by atoms with E-state index in [4.69, 9.17) is 5.73 Å². The molecule has 0 saturated carbocycles. The highest BCUT2D eigenvalue weighted by Gasteiger charge is 2.31. The number of anilines is 2. The molecule has 32 heavy (non-hydrogen) atoms. The van der Waals surface area contributed by atoms with Gasteiger partial charge in [0.2, 0.25) is 5.91 Å². The zero-order valence-corrected chi connectivity index (χ0v) is 18.0. The first-order valence-electron chi connectivity index (χ1n) is 10.4. The third-order valence-electron chi connectivity index (χ3n) is 5.74. The van der Waals surface area contributed by atoms with Crippen molar-refractivity contribution in [3.8, 4) is 0 Å². The fourth-order valence-corrected chi connectivity index (χ4v) is 3.95. The van der Waals surface area contributed by atoms with Crippen molar-refractivity contribution >= 4 is 17.5 Å². The van der Waals surface area contributed by atoms with E-state index >= 15 is 0 Å². The van der Waals surface area contributed by atoms with Crippen LogP contribution in [0.1, 0.15) is 34.1 Å². The largest absolute Gasteiger partial charge is 0.390 e. The molecule has 9 nitrogen and oxygen atoms in total. The van der Waals surface area contributed by atoms with Crippen LogP contribution in [0.2, 0.25) is 0 Å². The van der Waals surface area contributed by atoms with Crippen molar-refractivity contribution in [3.63, 3.8) is 0 Å². The number of amides is 1. The van der Waals surface area contributed by atoms with Gasteiger partial charge >= 0.3 is 0 Å². The summed E-state index contributed by atoms with van der Waals surface area (Å²) < 4.78 is 1.37. The fourth-order valence-electron chi connectivity index (χ4n) is 3.95. The van der Waals surface area contributed by atoms with E-state index in [2.05, 4.69) is 20.6 Å². The summed E-state index contributed by atoms with van der Waals surface area (Å²) in [6.07, 6.45) is 1.39. The minimum absolute atomic E-state index is 0.0998. The van der Waals surface area contributed by atoms with E-state index in [1.807, 2.05) is 37.3 Å². The molecule has 3 aromatic rings. The zero-order chi connectivity index (χ0) is 22.8. The minimum atomic E-state index is -0.664. The predicted molar refractivity (Wildman–Crippen MR) is 121 cm³/mol. The van der Waals surface area contributed by atoms with E-state index in [1.165, 1.54) is 10.8 Å². The van der Waals surface area contributed by atoms with E-state index in [0.717, 1.165) is 22.4 Å². The molecule has 0 unspecified atom stereocenters. The van der Waals surface area contributed by atoms with Gasteiger partial charge < -0.3 is 21.5 Å². The quantitative estimate of drug-likeness (QED) is 0.458. The molecule has 0 aliphatic heterocycles. The van der Waals surface area contributed by atoms with Crippen molar-refractivity contribution < 1.29 is 9.90 Å². The van der Waals surface area contributed by atoms with Gasteiger partial charge in [-0.1, -0.05) is 30.3 Å². The molecule has 1 aromatic carbocycles. The summed E-state index contributed by atoms with van der Waals surface area (Å²) in [6, 6.07) is 10.8. The summed E-state index contributed by atoms with van der Waals surface area (Å²) >= 11 is 0. The van der Waals surface area contributed by atoms with Gasteiger partial charge in [0.05, 0.1) is 12.1 Å². The summed E-state index contributed by atoms with van der Waals surface area (Å²) in [5, 5.41) is 16.4. The molecule has 2 aromatic heterocycles. The Kier molecular flexibility index (Phi) is 5.91. The maximum Gasteiger partial charge on any atom is 0.293 e. The number of nitrogens with one attached hydrogen (secondary N) is 2. The Labute approximate surface area is 185 Å². The molecule has 2 atom stereocenters. The molecule has 0 radical (unpaired) electrons. The van der Waals surface area contributed by atoms with Gasteiger partial charge in [-0.2, -0.15) is 0 Å². The maximum absolute atomic E-state index is 13.0. The van der Waals surface area contributed by atoms with Crippen LogP contribution < -0.4 is 21.9 Å². The van der Waals surface area contributed by atoms with Crippen molar-refractivity contribution in [2.45, 2.75) is 45.5 Å². The Morgan fingerprint density at radius 1 is 1.25 bits per heavy atom. The normalized spacial score (nSPS) is 17.1. The second kappa shape index (κ2) is 8.80. The smallest absolute Gasteiger partial charge is 0.293 e. The molecule has 1 aliphatic carbocycles. The molecule has 0 bridgehead atoms. The van der Waals surface area contributed by atoms with Crippen LogP contribution in [0, 0.1) is 13.8 Å². The van der Waals surface area contributed by atoms with E-state index in [0.29, 0.717) is 17.9 Å². The van der Waals surface area contributed by atoms with Crippen molar-refractivity contribution in [1.29, 1.82) is 0 Å². The molecule has 0 saturated heterocycles. The van der Waals surface area contributed by atoms with Crippen LogP contribution in [0.5, 0.6) is 0 Å². The lowest BCUT2D eigenvalue weighted by Gasteiger charge is -2.19. The van der Waals surface area contributed by atoms with Crippen LogP contribution >= 0.6 is 0 Å². The van der Waals surface area contributed by atoms with Gasteiger partial charge in [-0.15, -0.1) is 0 Å². The number of fused-ring (bicyclic) bond motifs is 1. The van der Waals surface area contributed by atoms with Crippen LogP contribution in [-0.4, -0.2) is 31.7 Å². The van der Waals surface area contributed by atoms with Crippen LogP contribution in [0.3, 0.4) is 0 Å². The number of carbonyl (C=O) groups excluding carboxylic acids is 1. The molecule has 1 aliphatic rings.